The number of aryl methyl sites for hydroxylation is 1. The van der Waals surface area contributed by atoms with E-state index in [9.17, 15) is 9.59 Å². The second-order valence-electron chi connectivity index (χ2n) is 7.06. The Kier molecular flexibility index (Phi) is 9.49. The fraction of sp³-hybridized carbons (Fsp3) is 0.391. The molecule has 0 heterocycles. The highest BCUT2D eigenvalue weighted by Crippen LogP contribution is 2.19. The van der Waals surface area contributed by atoms with Crippen LogP contribution in [0, 0.1) is 0 Å². The lowest BCUT2D eigenvalue weighted by molar-refractivity contribution is -0.140. The normalized spacial score (nSPS) is 11.7. The summed E-state index contributed by atoms with van der Waals surface area (Å²) < 4.78 is 0. The molecule has 0 spiro atoms. The van der Waals surface area contributed by atoms with E-state index in [0.717, 1.165) is 24.0 Å². The smallest absolute Gasteiger partial charge is 0.242 e. The maximum Gasteiger partial charge on any atom is 0.242 e. The van der Waals surface area contributed by atoms with Crippen molar-refractivity contribution in [3.8, 4) is 0 Å². The number of unbranched alkanes of at least 4 members (excludes halogenated alkanes) is 1. The number of hydrogen-bond donors (Lipinski definition) is 1. The molecule has 0 fully saturated rings. The van der Waals surface area contributed by atoms with Gasteiger partial charge < -0.3 is 10.2 Å². The predicted octanol–water partition coefficient (Wildman–Crippen LogP) is 5.26. The van der Waals surface area contributed by atoms with Crippen LogP contribution in [0.15, 0.2) is 48.5 Å². The summed E-state index contributed by atoms with van der Waals surface area (Å²) in [4.78, 5) is 27.3. The molecule has 0 aromatic heterocycles. The van der Waals surface area contributed by atoms with Crippen LogP contribution in [0.5, 0.6) is 0 Å². The van der Waals surface area contributed by atoms with Crippen LogP contribution >= 0.6 is 23.2 Å². The summed E-state index contributed by atoms with van der Waals surface area (Å²) in [6.07, 6.45) is 2.70. The highest BCUT2D eigenvalue weighted by atomic mass is 35.5. The maximum absolute atomic E-state index is 13.1. The van der Waals surface area contributed by atoms with Gasteiger partial charge in [0, 0.05) is 29.6 Å². The van der Waals surface area contributed by atoms with Crippen LogP contribution in [0.25, 0.3) is 0 Å². The number of carbonyl (C=O) groups is 2. The van der Waals surface area contributed by atoms with Crippen molar-refractivity contribution in [3.05, 3.63) is 69.7 Å². The molecule has 0 bridgehead atoms. The SMILES string of the molecule is CCCCNC(=O)[C@H](C)N(Cc1cccc(Cl)c1)C(=O)CCc1ccccc1Cl. The number of nitrogens with one attached hydrogen (secondary N) is 1. The molecule has 2 amide bonds. The molecule has 0 aliphatic rings. The quantitative estimate of drug-likeness (QED) is 0.518. The first-order chi connectivity index (χ1) is 13.9. The minimum absolute atomic E-state index is 0.0944. The summed E-state index contributed by atoms with van der Waals surface area (Å²) in [6, 6.07) is 14.3. The van der Waals surface area contributed by atoms with E-state index in [1.54, 1.807) is 17.9 Å². The van der Waals surface area contributed by atoms with Crippen LogP contribution in [0.2, 0.25) is 10.0 Å². The number of carbonyl (C=O) groups excluding carboxylic acids is 2. The Balaban J connectivity index is 2.12. The lowest BCUT2D eigenvalue weighted by atomic mass is 10.1. The van der Waals surface area contributed by atoms with Crippen LogP contribution in [0.3, 0.4) is 0 Å². The van der Waals surface area contributed by atoms with Crippen molar-refractivity contribution in [2.75, 3.05) is 6.54 Å². The first-order valence-corrected chi connectivity index (χ1v) is 10.7. The highest BCUT2D eigenvalue weighted by molar-refractivity contribution is 6.31. The van der Waals surface area contributed by atoms with E-state index < -0.39 is 6.04 Å². The van der Waals surface area contributed by atoms with Gasteiger partial charge in [-0.05, 0) is 49.1 Å². The Morgan fingerprint density at radius 3 is 2.55 bits per heavy atom. The molecule has 0 aliphatic carbocycles. The van der Waals surface area contributed by atoms with Gasteiger partial charge in [-0.15, -0.1) is 0 Å². The molecule has 6 heteroatoms. The molecule has 29 heavy (non-hydrogen) atoms. The van der Waals surface area contributed by atoms with Gasteiger partial charge in [0.1, 0.15) is 6.04 Å². The standard InChI is InChI=1S/C23H28Cl2N2O2/c1-3-4-14-26-23(29)17(2)27(16-18-8-7-10-20(24)15-18)22(28)13-12-19-9-5-6-11-21(19)25/h5-11,15,17H,3-4,12-14,16H2,1-2H3,(H,26,29)/t17-/m0/s1. The van der Waals surface area contributed by atoms with E-state index in [1.165, 1.54) is 0 Å². The second kappa shape index (κ2) is 11.8. The molecular formula is C23H28Cl2N2O2. The van der Waals surface area contributed by atoms with Gasteiger partial charge >= 0.3 is 0 Å². The van der Waals surface area contributed by atoms with E-state index in [-0.39, 0.29) is 18.2 Å². The summed E-state index contributed by atoms with van der Waals surface area (Å²) in [7, 11) is 0. The van der Waals surface area contributed by atoms with Gasteiger partial charge in [0.05, 0.1) is 0 Å². The monoisotopic (exact) mass is 434 g/mol. The van der Waals surface area contributed by atoms with E-state index in [2.05, 4.69) is 12.2 Å². The van der Waals surface area contributed by atoms with E-state index in [1.807, 2.05) is 42.5 Å². The van der Waals surface area contributed by atoms with Gasteiger partial charge in [0.2, 0.25) is 11.8 Å². The zero-order valence-electron chi connectivity index (χ0n) is 17.0. The molecule has 4 nitrogen and oxygen atoms in total. The Morgan fingerprint density at radius 1 is 1.10 bits per heavy atom. The third-order valence-corrected chi connectivity index (χ3v) is 5.41. The number of amides is 2. The van der Waals surface area contributed by atoms with Crippen molar-refractivity contribution in [3.63, 3.8) is 0 Å². The van der Waals surface area contributed by atoms with Gasteiger partial charge in [0.15, 0.2) is 0 Å². The molecule has 2 rings (SSSR count). The summed E-state index contributed by atoms with van der Waals surface area (Å²) in [5.41, 5.74) is 1.81. The molecule has 0 saturated carbocycles. The minimum Gasteiger partial charge on any atom is -0.354 e. The first-order valence-electron chi connectivity index (χ1n) is 9.97. The van der Waals surface area contributed by atoms with Crippen LogP contribution in [-0.4, -0.2) is 29.3 Å². The van der Waals surface area contributed by atoms with Crippen LogP contribution in [-0.2, 0) is 22.6 Å². The lowest BCUT2D eigenvalue weighted by Crippen LogP contribution is -2.47. The van der Waals surface area contributed by atoms with Gasteiger partial charge in [-0.3, -0.25) is 9.59 Å². The average molecular weight is 435 g/mol. The number of hydrogen-bond acceptors (Lipinski definition) is 2. The predicted molar refractivity (Wildman–Crippen MR) is 119 cm³/mol. The maximum atomic E-state index is 13.1. The zero-order valence-corrected chi connectivity index (χ0v) is 18.5. The van der Waals surface area contributed by atoms with Crippen molar-refractivity contribution in [1.82, 2.24) is 10.2 Å². The third kappa shape index (κ3) is 7.37. The third-order valence-electron chi connectivity index (χ3n) is 4.80. The Labute approximate surface area is 183 Å². The highest BCUT2D eigenvalue weighted by Gasteiger charge is 2.26. The zero-order chi connectivity index (χ0) is 21.2. The average Bonchev–Trinajstić information content (AvgIpc) is 2.71. The Morgan fingerprint density at radius 2 is 1.86 bits per heavy atom. The molecule has 1 N–H and O–H groups in total. The molecule has 0 radical (unpaired) electrons. The molecule has 156 valence electrons. The first kappa shape index (κ1) is 23.2. The lowest BCUT2D eigenvalue weighted by Gasteiger charge is -2.29. The summed E-state index contributed by atoms with van der Waals surface area (Å²) >= 11 is 12.3. The number of rotatable bonds is 10. The van der Waals surface area contributed by atoms with E-state index in [4.69, 9.17) is 23.2 Å². The summed E-state index contributed by atoms with van der Waals surface area (Å²) in [5, 5.41) is 4.17. The van der Waals surface area contributed by atoms with Gasteiger partial charge in [0.25, 0.3) is 0 Å². The molecule has 0 aliphatic heterocycles. The van der Waals surface area contributed by atoms with Crippen LogP contribution < -0.4 is 5.32 Å². The Hall–Kier alpha value is -2.04. The van der Waals surface area contributed by atoms with Crippen molar-refractivity contribution in [2.45, 2.75) is 52.1 Å². The van der Waals surface area contributed by atoms with Crippen molar-refractivity contribution in [1.29, 1.82) is 0 Å². The Bertz CT molecular complexity index is 826. The van der Waals surface area contributed by atoms with Crippen LogP contribution in [0.1, 0.15) is 44.2 Å². The molecular weight excluding hydrogens is 407 g/mol. The van der Waals surface area contributed by atoms with Gasteiger partial charge in [-0.1, -0.05) is 66.9 Å². The van der Waals surface area contributed by atoms with Gasteiger partial charge in [-0.25, -0.2) is 0 Å². The summed E-state index contributed by atoms with van der Waals surface area (Å²) in [6.45, 7) is 4.77. The van der Waals surface area contributed by atoms with E-state index >= 15 is 0 Å². The van der Waals surface area contributed by atoms with Crippen molar-refractivity contribution in [2.24, 2.45) is 0 Å². The van der Waals surface area contributed by atoms with Crippen LogP contribution in [0.4, 0.5) is 0 Å². The number of nitrogens with zero attached hydrogens (tertiary/aromatic N) is 1. The van der Waals surface area contributed by atoms with Crippen molar-refractivity contribution < 1.29 is 9.59 Å². The fourth-order valence-electron chi connectivity index (χ4n) is 3.04. The molecule has 2 aromatic carbocycles. The molecule has 0 saturated heterocycles. The largest absolute Gasteiger partial charge is 0.354 e. The van der Waals surface area contributed by atoms with Gasteiger partial charge in [-0.2, -0.15) is 0 Å². The number of benzene rings is 2. The summed E-state index contributed by atoms with van der Waals surface area (Å²) in [5.74, 6) is -0.241. The van der Waals surface area contributed by atoms with E-state index in [0.29, 0.717) is 29.6 Å². The minimum atomic E-state index is -0.579. The molecule has 1 atom stereocenters. The topological polar surface area (TPSA) is 49.4 Å². The van der Waals surface area contributed by atoms with Crippen molar-refractivity contribution >= 4 is 35.0 Å². The number of halogens is 2. The molecule has 0 unspecified atom stereocenters. The fourth-order valence-corrected chi connectivity index (χ4v) is 3.48. The molecule has 2 aromatic rings. The second-order valence-corrected chi connectivity index (χ2v) is 7.91.